The number of nitrogens with one attached hydrogen (secondary N) is 1. The van der Waals surface area contributed by atoms with Gasteiger partial charge in [-0.2, -0.15) is 0 Å². The second kappa shape index (κ2) is 12.1. The van der Waals surface area contributed by atoms with Crippen LogP contribution in [0.15, 0.2) is 77.7 Å². The molecule has 7 nitrogen and oxygen atoms in total. The minimum Gasteiger partial charge on any atom is -0.355 e. The smallest absolute Gasteiger partial charge is 0.264 e. The fourth-order valence-electron chi connectivity index (χ4n) is 4.22. The van der Waals surface area contributed by atoms with Crippen molar-refractivity contribution in [3.05, 3.63) is 95.1 Å². The van der Waals surface area contributed by atoms with Gasteiger partial charge >= 0.3 is 0 Å². The average Bonchev–Trinajstić information content (AvgIpc) is 2.86. The molecule has 3 aromatic rings. The zero-order valence-electron chi connectivity index (χ0n) is 22.1. The first-order chi connectivity index (χ1) is 17.5. The molecule has 0 aliphatic heterocycles. The molecule has 3 rings (SSSR count). The van der Waals surface area contributed by atoms with Gasteiger partial charge in [-0.25, -0.2) is 8.42 Å². The largest absolute Gasteiger partial charge is 0.355 e. The number of aryl methyl sites for hydroxylation is 3. The number of anilines is 1. The van der Waals surface area contributed by atoms with Gasteiger partial charge in [-0.1, -0.05) is 48.5 Å². The SMILES string of the molecule is CCNC(=O)[C@@H](C)N(Cc1ccccc1C)C(=O)CN(c1cc(C)cc(C)c1)S(=O)(=O)c1ccccc1. The van der Waals surface area contributed by atoms with Crippen molar-refractivity contribution >= 4 is 27.5 Å². The van der Waals surface area contributed by atoms with Gasteiger partial charge in [0.15, 0.2) is 0 Å². The van der Waals surface area contributed by atoms with Crippen molar-refractivity contribution in [1.29, 1.82) is 0 Å². The maximum Gasteiger partial charge on any atom is 0.264 e. The van der Waals surface area contributed by atoms with Gasteiger partial charge in [0.2, 0.25) is 11.8 Å². The van der Waals surface area contributed by atoms with Crippen molar-refractivity contribution in [3.63, 3.8) is 0 Å². The third-order valence-electron chi connectivity index (χ3n) is 6.22. The van der Waals surface area contributed by atoms with E-state index in [0.717, 1.165) is 26.6 Å². The number of sulfonamides is 1. The lowest BCUT2D eigenvalue weighted by molar-refractivity contribution is -0.139. The number of carbonyl (C=O) groups is 2. The van der Waals surface area contributed by atoms with Crippen LogP contribution in [-0.4, -0.2) is 44.3 Å². The summed E-state index contributed by atoms with van der Waals surface area (Å²) >= 11 is 0. The number of hydrogen-bond donors (Lipinski definition) is 1. The summed E-state index contributed by atoms with van der Waals surface area (Å²) in [6.07, 6.45) is 0. The fraction of sp³-hybridized carbons (Fsp3) is 0.310. The van der Waals surface area contributed by atoms with Crippen LogP contribution < -0.4 is 9.62 Å². The Hall–Kier alpha value is -3.65. The van der Waals surface area contributed by atoms with Gasteiger partial charge < -0.3 is 10.2 Å². The molecule has 0 saturated carbocycles. The lowest BCUT2D eigenvalue weighted by Crippen LogP contribution is -2.51. The van der Waals surface area contributed by atoms with Crippen LogP contribution >= 0.6 is 0 Å². The van der Waals surface area contributed by atoms with E-state index in [4.69, 9.17) is 0 Å². The van der Waals surface area contributed by atoms with Gasteiger partial charge in [0.05, 0.1) is 10.6 Å². The summed E-state index contributed by atoms with van der Waals surface area (Å²) in [5.74, 6) is -0.769. The standard InChI is InChI=1S/C29H35N3O4S/c1-6-30-29(34)24(5)31(19-25-13-11-10-12-23(25)4)28(33)20-32(26-17-21(2)16-22(3)18-26)37(35,36)27-14-8-7-9-15-27/h7-18,24H,6,19-20H2,1-5H3,(H,30,34)/t24-/m1/s1. The molecule has 0 saturated heterocycles. The predicted molar refractivity (Wildman–Crippen MR) is 147 cm³/mol. The molecule has 1 atom stereocenters. The van der Waals surface area contributed by atoms with Gasteiger partial charge in [-0.05, 0) is 81.1 Å². The van der Waals surface area contributed by atoms with E-state index in [9.17, 15) is 18.0 Å². The number of likely N-dealkylation sites (N-methyl/N-ethyl adjacent to an activating group) is 1. The molecule has 3 aromatic carbocycles. The number of nitrogens with zero attached hydrogens (tertiary/aromatic N) is 2. The van der Waals surface area contributed by atoms with Crippen LogP contribution in [0.5, 0.6) is 0 Å². The first-order valence-electron chi connectivity index (χ1n) is 12.3. The van der Waals surface area contributed by atoms with Gasteiger partial charge in [0.25, 0.3) is 10.0 Å². The molecule has 0 radical (unpaired) electrons. The normalized spacial score (nSPS) is 12.0. The Morgan fingerprint density at radius 1 is 0.892 bits per heavy atom. The maximum absolute atomic E-state index is 13.9. The van der Waals surface area contributed by atoms with Crippen molar-refractivity contribution in [3.8, 4) is 0 Å². The molecule has 0 fully saturated rings. The van der Waals surface area contributed by atoms with Crippen molar-refractivity contribution < 1.29 is 18.0 Å². The molecule has 0 bridgehead atoms. The highest BCUT2D eigenvalue weighted by atomic mass is 32.2. The Bertz CT molecular complexity index is 1340. The van der Waals surface area contributed by atoms with Gasteiger partial charge in [-0.15, -0.1) is 0 Å². The van der Waals surface area contributed by atoms with E-state index in [1.165, 1.54) is 17.0 Å². The van der Waals surface area contributed by atoms with Gasteiger partial charge in [0.1, 0.15) is 12.6 Å². The maximum atomic E-state index is 13.9. The molecule has 1 N–H and O–H groups in total. The second-order valence-electron chi connectivity index (χ2n) is 9.19. The number of carbonyl (C=O) groups excluding carboxylic acids is 2. The Labute approximate surface area is 220 Å². The highest BCUT2D eigenvalue weighted by Gasteiger charge is 2.32. The van der Waals surface area contributed by atoms with Crippen LogP contribution in [0.25, 0.3) is 0 Å². The summed E-state index contributed by atoms with van der Waals surface area (Å²) in [5.41, 5.74) is 4.02. The number of amides is 2. The lowest BCUT2D eigenvalue weighted by atomic mass is 10.1. The highest BCUT2D eigenvalue weighted by molar-refractivity contribution is 7.92. The molecule has 37 heavy (non-hydrogen) atoms. The average molecular weight is 522 g/mol. The van der Waals surface area contributed by atoms with Gasteiger partial charge in [-0.3, -0.25) is 13.9 Å². The zero-order valence-corrected chi connectivity index (χ0v) is 22.9. The first-order valence-corrected chi connectivity index (χ1v) is 13.8. The number of benzene rings is 3. The van der Waals surface area contributed by atoms with E-state index >= 15 is 0 Å². The second-order valence-corrected chi connectivity index (χ2v) is 11.1. The molecule has 0 aliphatic rings. The van der Waals surface area contributed by atoms with Crippen molar-refractivity contribution in [2.24, 2.45) is 0 Å². The van der Waals surface area contributed by atoms with Crippen LogP contribution in [0, 0.1) is 20.8 Å². The number of hydrogen-bond acceptors (Lipinski definition) is 4. The number of rotatable bonds is 10. The molecule has 0 heterocycles. The van der Waals surface area contributed by atoms with Crippen LogP contribution in [0.2, 0.25) is 0 Å². The van der Waals surface area contributed by atoms with Crippen LogP contribution in [0.3, 0.4) is 0 Å². The van der Waals surface area contributed by atoms with Crippen LogP contribution in [0.1, 0.15) is 36.1 Å². The summed E-state index contributed by atoms with van der Waals surface area (Å²) in [6.45, 7) is 9.33. The molecule has 0 spiro atoms. The molecule has 0 unspecified atom stereocenters. The van der Waals surface area contributed by atoms with Crippen LogP contribution in [-0.2, 0) is 26.2 Å². The minimum atomic E-state index is -4.07. The highest BCUT2D eigenvalue weighted by Crippen LogP contribution is 2.26. The topological polar surface area (TPSA) is 86.8 Å². The molecule has 0 aliphatic carbocycles. The van der Waals surface area contributed by atoms with Crippen molar-refractivity contribution in [2.75, 3.05) is 17.4 Å². The zero-order chi connectivity index (χ0) is 27.2. The summed E-state index contributed by atoms with van der Waals surface area (Å²) in [4.78, 5) is 28.2. The van der Waals surface area contributed by atoms with E-state index in [1.54, 1.807) is 37.3 Å². The molecular weight excluding hydrogens is 486 g/mol. The Morgan fingerprint density at radius 2 is 1.49 bits per heavy atom. The minimum absolute atomic E-state index is 0.0872. The molecule has 196 valence electrons. The Balaban J connectivity index is 2.06. The molecular formula is C29H35N3O4S. The van der Waals surface area contributed by atoms with E-state index in [-0.39, 0.29) is 17.3 Å². The Morgan fingerprint density at radius 3 is 2.08 bits per heavy atom. The lowest BCUT2D eigenvalue weighted by Gasteiger charge is -2.32. The summed E-state index contributed by atoms with van der Waals surface area (Å²) in [6, 6.07) is 20.3. The first kappa shape index (κ1) is 27.9. The van der Waals surface area contributed by atoms with Crippen molar-refractivity contribution in [1.82, 2.24) is 10.2 Å². The van der Waals surface area contributed by atoms with E-state index < -0.39 is 28.5 Å². The molecule has 0 aromatic heterocycles. The van der Waals surface area contributed by atoms with E-state index in [2.05, 4.69) is 5.32 Å². The summed E-state index contributed by atoms with van der Waals surface area (Å²) in [5, 5.41) is 2.77. The van der Waals surface area contributed by atoms with E-state index in [0.29, 0.717) is 12.2 Å². The monoisotopic (exact) mass is 521 g/mol. The fourth-order valence-corrected chi connectivity index (χ4v) is 5.64. The summed E-state index contributed by atoms with van der Waals surface area (Å²) in [7, 11) is -4.07. The quantitative estimate of drug-likeness (QED) is 0.430. The molecule has 8 heteroatoms. The third-order valence-corrected chi connectivity index (χ3v) is 8.01. The van der Waals surface area contributed by atoms with E-state index in [1.807, 2.05) is 58.0 Å². The summed E-state index contributed by atoms with van der Waals surface area (Å²) < 4.78 is 28.8. The third kappa shape index (κ3) is 6.77. The Kier molecular flexibility index (Phi) is 9.10. The van der Waals surface area contributed by atoms with Crippen molar-refractivity contribution in [2.45, 2.75) is 52.1 Å². The van der Waals surface area contributed by atoms with Gasteiger partial charge in [0, 0.05) is 13.1 Å². The van der Waals surface area contributed by atoms with Crippen LogP contribution in [0.4, 0.5) is 5.69 Å². The predicted octanol–water partition coefficient (Wildman–Crippen LogP) is 4.36. The molecule has 2 amide bonds.